The van der Waals surface area contributed by atoms with Crippen molar-refractivity contribution in [3.05, 3.63) is 59.2 Å². The summed E-state index contributed by atoms with van der Waals surface area (Å²) in [7, 11) is 0. The number of aliphatic hydroxyl groups excluding tert-OH is 1. The van der Waals surface area contributed by atoms with Gasteiger partial charge >= 0.3 is 0 Å². The number of fused-ring (bicyclic) bond motifs is 1. The van der Waals surface area contributed by atoms with Crippen molar-refractivity contribution in [2.75, 3.05) is 6.79 Å². The second-order valence-electron chi connectivity index (χ2n) is 7.70. The molecule has 0 radical (unpaired) electrons. The lowest BCUT2D eigenvalue weighted by atomic mass is 10.1. The fourth-order valence-electron chi connectivity index (χ4n) is 3.36. The average Bonchev–Trinajstić information content (AvgIpc) is 3.37. The first-order valence-corrected chi connectivity index (χ1v) is 10.1. The second kappa shape index (κ2) is 9.40. The minimum absolute atomic E-state index is 0.0861. The lowest BCUT2D eigenvalue weighted by molar-refractivity contribution is -0.148. The van der Waals surface area contributed by atoms with Crippen molar-refractivity contribution in [1.82, 2.24) is 0 Å². The summed E-state index contributed by atoms with van der Waals surface area (Å²) in [6, 6.07) is 12.8. The Bertz CT molecular complexity index is 1060. The highest BCUT2D eigenvalue weighted by Gasteiger charge is 2.44. The van der Waals surface area contributed by atoms with E-state index in [4.69, 9.17) is 23.8 Å². The number of rotatable bonds is 6. The Morgan fingerprint density at radius 2 is 1.97 bits per heavy atom. The van der Waals surface area contributed by atoms with Gasteiger partial charge in [0.1, 0.15) is 24.9 Å². The van der Waals surface area contributed by atoms with Crippen LogP contribution in [0.4, 0.5) is 0 Å². The zero-order chi connectivity index (χ0) is 22.6. The van der Waals surface area contributed by atoms with Gasteiger partial charge in [-0.1, -0.05) is 47.3 Å². The van der Waals surface area contributed by atoms with Crippen LogP contribution in [0.25, 0.3) is 0 Å². The lowest BCUT2D eigenvalue weighted by Crippen LogP contribution is -2.35. The van der Waals surface area contributed by atoms with Gasteiger partial charge in [-0.25, -0.2) is 0 Å². The molecule has 8 heteroatoms. The van der Waals surface area contributed by atoms with E-state index >= 15 is 0 Å². The van der Waals surface area contributed by atoms with E-state index in [-0.39, 0.29) is 6.79 Å². The standard InChI is InChI=1S/C24H23NO7/c1-24(2)31-22(12-25-30-14-16-6-4-3-5-7-16)23(32-24)19(27)9-8-17-10-20-21(29-15-28-20)11-18(17)13-26/h3-7,10-13,19,22-23,27H,14-15H2,1-2H3/b25-12+/t19-,22-,23+/m1/s1. The maximum absolute atomic E-state index is 11.4. The van der Waals surface area contributed by atoms with Crippen molar-refractivity contribution in [3.63, 3.8) is 0 Å². The summed E-state index contributed by atoms with van der Waals surface area (Å²) in [4.78, 5) is 16.7. The van der Waals surface area contributed by atoms with Crippen molar-refractivity contribution in [3.8, 4) is 23.3 Å². The van der Waals surface area contributed by atoms with Crippen LogP contribution in [0.5, 0.6) is 11.5 Å². The van der Waals surface area contributed by atoms with Gasteiger partial charge in [0.15, 0.2) is 23.6 Å². The Labute approximate surface area is 185 Å². The summed E-state index contributed by atoms with van der Waals surface area (Å²) in [5.41, 5.74) is 1.73. The van der Waals surface area contributed by atoms with E-state index in [0.717, 1.165) is 5.56 Å². The van der Waals surface area contributed by atoms with Gasteiger partial charge in [0.05, 0.1) is 6.21 Å². The molecule has 0 unspecified atom stereocenters. The molecule has 0 bridgehead atoms. The number of aldehydes is 1. The molecule has 1 fully saturated rings. The molecule has 0 spiro atoms. The van der Waals surface area contributed by atoms with Gasteiger partial charge in [-0.05, 0) is 25.5 Å². The number of ether oxygens (including phenoxy) is 4. The van der Waals surface area contributed by atoms with E-state index < -0.39 is 24.1 Å². The summed E-state index contributed by atoms with van der Waals surface area (Å²) >= 11 is 0. The van der Waals surface area contributed by atoms with Crippen molar-refractivity contribution in [1.29, 1.82) is 0 Å². The van der Waals surface area contributed by atoms with Crippen LogP contribution in [-0.4, -0.2) is 48.5 Å². The molecule has 2 aromatic rings. The topological polar surface area (TPSA) is 95.8 Å². The molecule has 1 saturated heterocycles. The first-order chi connectivity index (χ1) is 15.4. The number of carbonyl (C=O) groups excluding carboxylic acids is 1. The minimum Gasteiger partial charge on any atom is -0.454 e. The van der Waals surface area contributed by atoms with E-state index in [9.17, 15) is 9.90 Å². The van der Waals surface area contributed by atoms with E-state index in [2.05, 4.69) is 17.0 Å². The molecule has 0 saturated carbocycles. The van der Waals surface area contributed by atoms with Crippen molar-refractivity contribution >= 4 is 12.5 Å². The predicted molar refractivity (Wildman–Crippen MR) is 114 cm³/mol. The fraction of sp³-hybridized carbons (Fsp3) is 0.333. The molecule has 4 rings (SSSR count). The van der Waals surface area contributed by atoms with Crippen LogP contribution >= 0.6 is 0 Å². The quantitative estimate of drug-likeness (QED) is 0.321. The van der Waals surface area contributed by atoms with Gasteiger partial charge in [0.25, 0.3) is 0 Å². The van der Waals surface area contributed by atoms with Crippen molar-refractivity contribution in [2.45, 2.75) is 44.6 Å². The van der Waals surface area contributed by atoms with Gasteiger partial charge in [-0.2, -0.15) is 0 Å². The van der Waals surface area contributed by atoms with Crippen LogP contribution in [0.1, 0.15) is 35.3 Å². The van der Waals surface area contributed by atoms with E-state index in [1.54, 1.807) is 26.0 Å². The predicted octanol–water partition coefficient (Wildman–Crippen LogP) is 2.66. The Kier molecular flexibility index (Phi) is 6.42. The maximum atomic E-state index is 11.4. The van der Waals surface area contributed by atoms with E-state index in [0.29, 0.717) is 35.5 Å². The Hall–Kier alpha value is -3.38. The number of carbonyl (C=O) groups is 1. The molecule has 166 valence electrons. The van der Waals surface area contributed by atoms with Crippen molar-refractivity contribution < 1.29 is 33.7 Å². The van der Waals surface area contributed by atoms with Crippen LogP contribution in [0.2, 0.25) is 0 Å². The van der Waals surface area contributed by atoms with Crippen LogP contribution in [0.15, 0.2) is 47.6 Å². The van der Waals surface area contributed by atoms with Gasteiger partial charge < -0.3 is 28.9 Å². The highest BCUT2D eigenvalue weighted by molar-refractivity contribution is 5.81. The molecule has 2 heterocycles. The van der Waals surface area contributed by atoms with E-state index in [1.807, 2.05) is 30.3 Å². The molecule has 2 aliphatic rings. The first-order valence-electron chi connectivity index (χ1n) is 10.1. The highest BCUT2D eigenvalue weighted by Crippen LogP contribution is 2.34. The number of oxime groups is 1. The fourth-order valence-corrected chi connectivity index (χ4v) is 3.36. The summed E-state index contributed by atoms with van der Waals surface area (Å²) in [5.74, 6) is 5.61. The maximum Gasteiger partial charge on any atom is 0.231 e. The van der Waals surface area contributed by atoms with Crippen molar-refractivity contribution in [2.24, 2.45) is 5.16 Å². The Morgan fingerprint density at radius 1 is 1.22 bits per heavy atom. The molecule has 3 atom stereocenters. The third-order valence-corrected chi connectivity index (χ3v) is 4.86. The molecular weight excluding hydrogens is 414 g/mol. The van der Waals surface area contributed by atoms with Crippen LogP contribution in [0.3, 0.4) is 0 Å². The molecule has 1 N–H and O–H groups in total. The average molecular weight is 437 g/mol. The first kappa shape index (κ1) is 21.8. The lowest BCUT2D eigenvalue weighted by Gasteiger charge is -2.17. The molecule has 2 aromatic carbocycles. The Morgan fingerprint density at radius 3 is 2.72 bits per heavy atom. The SMILES string of the molecule is CC1(C)O[C@@H]([C@H](O)C#Cc2cc3c(cc2C=O)OCO3)[C@@H](/C=N/OCc2ccccc2)O1. The molecule has 2 aliphatic heterocycles. The zero-order valence-corrected chi connectivity index (χ0v) is 17.7. The monoisotopic (exact) mass is 437 g/mol. The third kappa shape index (κ3) is 5.08. The molecule has 32 heavy (non-hydrogen) atoms. The Balaban J connectivity index is 1.45. The summed E-state index contributed by atoms with van der Waals surface area (Å²) in [6.07, 6.45) is -0.546. The van der Waals surface area contributed by atoms with E-state index in [1.165, 1.54) is 6.21 Å². The number of hydrogen-bond donors (Lipinski definition) is 1. The second-order valence-corrected chi connectivity index (χ2v) is 7.70. The number of aliphatic hydroxyl groups is 1. The normalized spacial score (nSPS) is 21.7. The molecule has 0 aliphatic carbocycles. The minimum atomic E-state index is -1.20. The molecule has 8 nitrogen and oxygen atoms in total. The highest BCUT2D eigenvalue weighted by atomic mass is 16.8. The van der Waals surface area contributed by atoms with Crippen LogP contribution in [-0.2, 0) is 20.9 Å². The number of benzene rings is 2. The molecule has 0 amide bonds. The van der Waals surface area contributed by atoms with Crippen LogP contribution in [0, 0.1) is 11.8 Å². The molecule has 0 aromatic heterocycles. The zero-order valence-electron chi connectivity index (χ0n) is 17.7. The summed E-state index contributed by atoms with van der Waals surface area (Å²) in [6.45, 7) is 3.87. The summed E-state index contributed by atoms with van der Waals surface area (Å²) < 4.78 is 22.2. The smallest absolute Gasteiger partial charge is 0.231 e. The van der Waals surface area contributed by atoms with Gasteiger partial charge in [-0.15, -0.1) is 0 Å². The largest absolute Gasteiger partial charge is 0.454 e. The molecular formula is C24H23NO7. The van der Waals surface area contributed by atoms with Gasteiger partial charge in [0, 0.05) is 17.2 Å². The number of hydrogen-bond acceptors (Lipinski definition) is 8. The van der Waals surface area contributed by atoms with Crippen LogP contribution < -0.4 is 9.47 Å². The van der Waals surface area contributed by atoms with Gasteiger partial charge in [-0.3, -0.25) is 4.79 Å². The summed E-state index contributed by atoms with van der Waals surface area (Å²) in [5, 5.41) is 14.6. The third-order valence-electron chi connectivity index (χ3n) is 4.86. The number of nitrogens with zero attached hydrogens (tertiary/aromatic N) is 1. The van der Waals surface area contributed by atoms with Gasteiger partial charge in [0.2, 0.25) is 6.79 Å².